The van der Waals surface area contributed by atoms with E-state index in [0.29, 0.717) is 132 Å². The van der Waals surface area contributed by atoms with E-state index in [1.807, 2.05) is 41.5 Å². The molecule has 0 aromatic heterocycles. The lowest BCUT2D eigenvalue weighted by molar-refractivity contribution is -0.161. The minimum Gasteiger partial charge on any atom is -0.458 e. The number of carbonyl (C=O) groups excluding carboxylic acids is 2. The summed E-state index contributed by atoms with van der Waals surface area (Å²) in [4.78, 5) is 23.0. The zero-order chi connectivity index (χ0) is 34.9. The number of esters is 2. The van der Waals surface area contributed by atoms with E-state index in [0.717, 1.165) is 0 Å². The summed E-state index contributed by atoms with van der Waals surface area (Å²) in [5.74, 6) is -0.781. The van der Waals surface area contributed by atoms with E-state index in [2.05, 4.69) is 0 Å². The van der Waals surface area contributed by atoms with E-state index in [4.69, 9.17) is 61.6 Å². The predicted molar refractivity (Wildman–Crippen MR) is 171 cm³/mol. The van der Waals surface area contributed by atoms with Crippen molar-refractivity contribution >= 4 is 11.9 Å². The summed E-state index contributed by atoms with van der Waals surface area (Å²) in [6.45, 7) is 19.5. The molecule has 0 aromatic carbocycles. The van der Waals surface area contributed by atoms with Crippen LogP contribution in [-0.2, 0) is 71.2 Å². The number of hydrogen-bond donors (Lipinski definition) is 0. The van der Waals surface area contributed by atoms with Gasteiger partial charge in [-0.15, -0.1) is 0 Å². The summed E-state index contributed by atoms with van der Waals surface area (Å²) in [6, 6.07) is 0. The maximum absolute atomic E-state index is 11.5. The molecule has 0 fully saturated rings. The number of rotatable bonds is 34. The summed E-state index contributed by atoms with van der Waals surface area (Å²) >= 11 is 0. The van der Waals surface area contributed by atoms with Crippen LogP contribution in [0, 0.1) is 0 Å². The Labute approximate surface area is 281 Å². The van der Waals surface area contributed by atoms with Gasteiger partial charge in [-0.05, 0) is 41.5 Å². The lowest BCUT2D eigenvalue weighted by atomic mass is 10.2. The smallest absolute Gasteiger partial charge is 0.332 e. The van der Waals surface area contributed by atoms with Crippen molar-refractivity contribution in [1.82, 2.24) is 0 Å². The molecule has 0 N–H and O–H groups in total. The fourth-order valence-electron chi connectivity index (χ4n) is 3.15. The summed E-state index contributed by atoms with van der Waals surface area (Å²) in [5.41, 5.74) is -1.03. The van der Waals surface area contributed by atoms with Gasteiger partial charge in [0.2, 0.25) is 0 Å². The first kappa shape index (κ1) is 45.5. The van der Waals surface area contributed by atoms with Gasteiger partial charge in [-0.1, -0.05) is 0 Å². The zero-order valence-corrected chi connectivity index (χ0v) is 29.7. The van der Waals surface area contributed by atoms with Gasteiger partial charge in [0.1, 0.15) is 24.4 Å². The maximum Gasteiger partial charge on any atom is 0.332 e. The average molecular weight is 687 g/mol. The molecular weight excluding hydrogens is 624 g/mol. The van der Waals surface area contributed by atoms with E-state index in [1.54, 1.807) is 0 Å². The van der Waals surface area contributed by atoms with Gasteiger partial charge < -0.3 is 61.6 Å². The van der Waals surface area contributed by atoms with Crippen molar-refractivity contribution < 1.29 is 71.2 Å². The molecule has 0 rings (SSSR count). The average Bonchev–Trinajstić information content (AvgIpc) is 2.97. The first-order chi connectivity index (χ1) is 22.5. The number of ether oxygens (including phenoxy) is 13. The molecular formula is C32H62O15. The minimum atomic E-state index is -0.515. The quantitative estimate of drug-likeness (QED) is 0.0714. The highest BCUT2D eigenvalue weighted by molar-refractivity contribution is 5.71. The van der Waals surface area contributed by atoms with E-state index < -0.39 is 23.1 Å². The largest absolute Gasteiger partial charge is 0.458 e. The van der Waals surface area contributed by atoms with E-state index in [-0.39, 0.29) is 13.2 Å². The molecule has 0 heterocycles. The summed E-state index contributed by atoms with van der Waals surface area (Å²) in [6.07, 6.45) is 0. The van der Waals surface area contributed by atoms with Crippen molar-refractivity contribution in [3.05, 3.63) is 0 Å². The monoisotopic (exact) mass is 686 g/mol. The van der Waals surface area contributed by atoms with Crippen LogP contribution in [0.5, 0.6) is 0 Å². The standard InChI is InChI=1S/C32H62O15/c1-31(2,3)46-29(33)27-44-25-23-42-21-19-40-17-15-38-13-11-36-9-7-35-8-10-37-12-14-39-16-18-41-20-22-43-24-26-45-28-30(34)47-32(4,5)6/h7-28H2,1-6H3. The molecule has 15 nitrogen and oxygen atoms in total. The second kappa shape index (κ2) is 31.7. The van der Waals surface area contributed by atoms with Gasteiger partial charge in [0.15, 0.2) is 0 Å². The molecule has 0 aliphatic carbocycles. The van der Waals surface area contributed by atoms with Gasteiger partial charge in [-0.2, -0.15) is 0 Å². The molecule has 0 radical (unpaired) electrons. The Morgan fingerprint density at radius 1 is 0.298 bits per heavy atom. The van der Waals surface area contributed by atoms with Gasteiger partial charge in [0, 0.05) is 0 Å². The Bertz CT molecular complexity index is 652. The molecule has 0 saturated carbocycles. The SMILES string of the molecule is CC(C)(C)OC(=O)COCCOCCOCCOCCOCCOCCOCCOCCOCCOCCOCC(=O)OC(C)(C)C. The van der Waals surface area contributed by atoms with Gasteiger partial charge in [-0.25, -0.2) is 9.59 Å². The molecule has 15 heteroatoms. The van der Waals surface area contributed by atoms with Crippen LogP contribution < -0.4 is 0 Å². The Kier molecular flexibility index (Phi) is 30.7. The summed E-state index contributed by atoms with van der Waals surface area (Å²) in [7, 11) is 0. The van der Waals surface area contributed by atoms with Crippen LogP contribution in [-0.4, -0.2) is 168 Å². The van der Waals surface area contributed by atoms with E-state index >= 15 is 0 Å². The molecule has 280 valence electrons. The highest BCUT2D eigenvalue weighted by Gasteiger charge is 2.16. The van der Waals surface area contributed by atoms with Crippen molar-refractivity contribution in [2.24, 2.45) is 0 Å². The molecule has 0 aliphatic heterocycles. The normalized spacial score (nSPS) is 12.0. The molecule has 0 spiro atoms. The van der Waals surface area contributed by atoms with Gasteiger partial charge >= 0.3 is 11.9 Å². The van der Waals surface area contributed by atoms with Crippen LogP contribution in [0.1, 0.15) is 41.5 Å². The first-order valence-electron chi connectivity index (χ1n) is 16.3. The molecule has 0 amide bonds. The van der Waals surface area contributed by atoms with E-state index in [1.165, 1.54) is 0 Å². The minimum absolute atomic E-state index is 0.0875. The van der Waals surface area contributed by atoms with Crippen LogP contribution >= 0.6 is 0 Å². The van der Waals surface area contributed by atoms with Gasteiger partial charge in [0.25, 0.3) is 0 Å². The molecule has 0 aliphatic rings. The predicted octanol–water partition coefficient (Wildman–Crippen LogP) is 1.85. The lowest BCUT2D eigenvalue weighted by Gasteiger charge is -2.19. The van der Waals surface area contributed by atoms with Gasteiger partial charge in [0.05, 0.1) is 132 Å². The zero-order valence-electron chi connectivity index (χ0n) is 29.7. The van der Waals surface area contributed by atoms with Crippen molar-refractivity contribution in [2.45, 2.75) is 52.7 Å². The lowest BCUT2D eigenvalue weighted by Crippen LogP contribution is -2.27. The fraction of sp³-hybridized carbons (Fsp3) is 0.938. The summed E-state index contributed by atoms with van der Waals surface area (Å²) in [5, 5.41) is 0. The van der Waals surface area contributed by atoms with Crippen LogP contribution in [0.3, 0.4) is 0 Å². The van der Waals surface area contributed by atoms with Crippen molar-refractivity contribution in [2.75, 3.05) is 145 Å². The molecule has 0 bridgehead atoms. The Morgan fingerprint density at radius 2 is 0.447 bits per heavy atom. The highest BCUT2D eigenvalue weighted by atomic mass is 16.6. The van der Waals surface area contributed by atoms with Crippen molar-refractivity contribution in [3.63, 3.8) is 0 Å². The third kappa shape index (κ3) is 40.6. The maximum atomic E-state index is 11.5. The first-order valence-corrected chi connectivity index (χ1v) is 16.3. The molecule has 0 atom stereocenters. The van der Waals surface area contributed by atoms with Gasteiger partial charge in [-0.3, -0.25) is 0 Å². The Morgan fingerprint density at radius 3 is 0.596 bits per heavy atom. The fourth-order valence-corrected chi connectivity index (χ4v) is 3.15. The van der Waals surface area contributed by atoms with Crippen LogP contribution in [0.15, 0.2) is 0 Å². The van der Waals surface area contributed by atoms with Crippen molar-refractivity contribution in [3.8, 4) is 0 Å². The molecule has 0 aromatic rings. The van der Waals surface area contributed by atoms with Crippen LogP contribution in [0.2, 0.25) is 0 Å². The van der Waals surface area contributed by atoms with E-state index in [9.17, 15) is 9.59 Å². The highest BCUT2D eigenvalue weighted by Crippen LogP contribution is 2.07. The molecule has 47 heavy (non-hydrogen) atoms. The number of carbonyl (C=O) groups is 2. The molecule has 0 saturated heterocycles. The van der Waals surface area contributed by atoms with Crippen LogP contribution in [0.4, 0.5) is 0 Å². The Balaban J connectivity index is 3.14. The summed E-state index contributed by atoms with van der Waals surface area (Å²) < 4.78 is 69.6. The number of hydrogen-bond acceptors (Lipinski definition) is 15. The second-order valence-electron chi connectivity index (χ2n) is 11.8. The third-order valence-corrected chi connectivity index (χ3v) is 5.00. The third-order valence-electron chi connectivity index (χ3n) is 5.00. The van der Waals surface area contributed by atoms with Crippen molar-refractivity contribution in [1.29, 1.82) is 0 Å². The Hall–Kier alpha value is -1.50. The van der Waals surface area contributed by atoms with Crippen LogP contribution in [0.25, 0.3) is 0 Å². The second-order valence-corrected chi connectivity index (χ2v) is 11.8. The molecule has 0 unspecified atom stereocenters. The topological polar surface area (TPSA) is 154 Å².